The number of rotatable bonds is 8. The molecule has 2 heterocycles. The Morgan fingerprint density at radius 3 is 2.51 bits per heavy atom. The first-order valence-corrected chi connectivity index (χ1v) is 20.1. The smallest absolute Gasteiger partial charge is 0.346 e. The Morgan fingerprint density at radius 1 is 1.09 bits per heavy atom. The summed E-state index contributed by atoms with van der Waals surface area (Å²) >= 11 is 0. The quantitative estimate of drug-likeness (QED) is 0.324. The molecule has 13 heteroatoms. The minimum absolute atomic E-state index is 0.0264. The molecule has 0 amide bonds. The number of pyridine rings is 1. The summed E-state index contributed by atoms with van der Waals surface area (Å²) in [4.78, 5) is 58.8. The number of carbonyl (C=O) groups excluding carboxylic acids is 3. The number of Topliss-reactive ketones (excluding diaryl/α,β-unsaturated/α-hetero) is 1. The number of fused-ring (bicyclic) bond motifs is 6. The highest BCUT2D eigenvalue weighted by molar-refractivity contribution is 6.03. The van der Waals surface area contributed by atoms with Gasteiger partial charge in [-0.1, -0.05) is 19.4 Å². The van der Waals surface area contributed by atoms with Crippen LogP contribution in [0.15, 0.2) is 22.5 Å². The molecule has 8 rings (SSSR count). The highest BCUT2D eigenvalue weighted by atomic mass is 19.1. The third-order valence-corrected chi connectivity index (χ3v) is 15.0. The SMILES string of the molecule is CNc1c(C(=O)OCC(=O)C2(O)CCC3C4CCC5=CC(=O)CCC5(C)C4C(O)CC32C)c(=O)c2cc(F)c(N3CCN(C)C(C)C3)c(OC)c2n1C1CC1. The molecule has 4 saturated carbocycles. The summed E-state index contributed by atoms with van der Waals surface area (Å²) in [6.07, 6.45) is 6.12. The lowest BCUT2D eigenvalue weighted by molar-refractivity contribution is -0.182. The number of hydrogen-bond donors (Lipinski definition) is 3. The van der Waals surface area contributed by atoms with Crippen molar-refractivity contribution in [1.82, 2.24) is 9.47 Å². The van der Waals surface area contributed by atoms with Crippen LogP contribution in [0.3, 0.4) is 0 Å². The molecule has 0 spiro atoms. The number of hydrogen-bond acceptors (Lipinski definition) is 11. The number of carbonyl (C=O) groups is 3. The van der Waals surface area contributed by atoms with Gasteiger partial charge in [0.1, 0.15) is 22.7 Å². The van der Waals surface area contributed by atoms with Crippen molar-refractivity contribution in [3.8, 4) is 5.75 Å². The van der Waals surface area contributed by atoms with Crippen LogP contribution in [-0.2, 0) is 14.3 Å². The highest BCUT2D eigenvalue weighted by Crippen LogP contribution is 2.67. The van der Waals surface area contributed by atoms with E-state index in [1.807, 2.05) is 23.4 Å². The monoisotopic (exact) mass is 762 g/mol. The summed E-state index contributed by atoms with van der Waals surface area (Å²) in [5, 5.41) is 27.1. The van der Waals surface area contributed by atoms with E-state index < -0.39 is 46.7 Å². The molecule has 3 N–H and O–H groups in total. The van der Waals surface area contributed by atoms with E-state index in [1.165, 1.54) is 13.2 Å². The molecule has 2 aromatic rings. The fourth-order valence-electron chi connectivity index (χ4n) is 11.8. The number of aliphatic hydroxyl groups excluding tert-OH is 1. The molecule has 1 saturated heterocycles. The predicted molar refractivity (Wildman–Crippen MR) is 205 cm³/mol. The van der Waals surface area contributed by atoms with Crippen molar-refractivity contribution in [3.05, 3.63) is 39.3 Å². The molecule has 5 aliphatic carbocycles. The van der Waals surface area contributed by atoms with Crippen LogP contribution in [0.4, 0.5) is 15.9 Å². The van der Waals surface area contributed by atoms with E-state index in [-0.39, 0.29) is 82.1 Å². The van der Waals surface area contributed by atoms with Crippen LogP contribution in [0.2, 0.25) is 0 Å². The Hall–Kier alpha value is -3.81. The summed E-state index contributed by atoms with van der Waals surface area (Å²) in [5.74, 6) is -1.88. The van der Waals surface area contributed by atoms with Gasteiger partial charge in [0.2, 0.25) is 11.2 Å². The molecule has 6 aliphatic rings. The second-order valence-corrected chi connectivity index (χ2v) is 17.8. The summed E-state index contributed by atoms with van der Waals surface area (Å²) < 4.78 is 29.6. The van der Waals surface area contributed by atoms with Crippen molar-refractivity contribution in [3.63, 3.8) is 0 Å². The van der Waals surface area contributed by atoms with Gasteiger partial charge in [-0.25, -0.2) is 9.18 Å². The van der Waals surface area contributed by atoms with Gasteiger partial charge in [0.05, 0.1) is 24.1 Å². The Bertz CT molecular complexity index is 2060. The Morgan fingerprint density at radius 2 is 1.84 bits per heavy atom. The van der Waals surface area contributed by atoms with Crippen molar-refractivity contribution < 1.29 is 38.5 Å². The van der Waals surface area contributed by atoms with Crippen LogP contribution in [0.25, 0.3) is 10.9 Å². The first-order chi connectivity index (χ1) is 26.1. The Kier molecular flexibility index (Phi) is 9.28. The fraction of sp³-hybridized carbons (Fsp3) is 0.667. The number of allylic oxidation sites excluding steroid dienone is 1. The third kappa shape index (κ3) is 5.61. The number of methoxy groups -OCH3 is 1. The molecule has 298 valence electrons. The number of esters is 1. The van der Waals surface area contributed by atoms with Crippen LogP contribution >= 0.6 is 0 Å². The molecule has 1 aromatic carbocycles. The number of ether oxygens (including phenoxy) is 2. The van der Waals surface area contributed by atoms with E-state index in [4.69, 9.17) is 9.47 Å². The minimum Gasteiger partial charge on any atom is -0.492 e. The van der Waals surface area contributed by atoms with Crippen LogP contribution in [0.5, 0.6) is 5.75 Å². The molecule has 8 atom stereocenters. The normalized spacial score (nSPS) is 34.8. The second kappa shape index (κ2) is 13.4. The van der Waals surface area contributed by atoms with Gasteiger partial charge in [0.25, 0.3) is 0 Å². The maximum atomic E-state index is 16.2. The molecule has 5 fully saturated rings. The van der Waals surface area contributed by atoms with Crippen molar-refractivity contribution >= 4 is 39.9 Å². The predicted octanol–water partition coefficient (Wildman–Crippen LogP) is 4.63. The number of aliphatic hydroxyl groups is 2. The first kappa shape index (κ1) is 38.1. The Balaban J connectivity index is 1.09. The average Bonchev–Trinajstić information content (AvgIpc) is 3.95. The highest BCUT2D eigenvalue weighted by Gasteiger charge is 2.68. The molecule has 1 aliphatic heterocycles. The number of likely N-dealkylation sites (N-methyl/N-ethyl adjacent to an activating group) is 1. The minimum atomic E-state index is -1.86. The summed E-state index contributed by atoms with van der Waals surface area (Å²) in [5.41, 5.74) is -2.47. The number of halogens is 1. The van der Waals surface area contributed by atoms with Crippen LogP contribution < -0.4 is 20.4 Å². The number of benzene rings is 1. The largest absolute Gasteiger partial charge is 0.492 e. The van der Waals surface area contributed by atoms with E-state index in [2.05, 4.69) is 24.1 Å². The van der Waals surface area contributed by atoms with Crippen molar-refractivity contribution in [2.45, 2.75) is 102 Å². The van der Waals surface area contributed by atoms with Crippen LogP contribution in [0, 0.1) is 34.4 Å². The number of anilines is 2. The van der Waals surface area contributed by atoms with Gasteiger partial charge in [0, 0.05) is 50.6 Å². The molecule has 55 heavy (non-hydrogen) atoms. The van der Waals surface area contributed by atoms with E-state index in [0.29, 0.717) is 37.9 Å². The Labute approximate surface area is 321 Å². The lowest BCUT2D eigenvalue weighted by Gasteiger charge is -2.60. The van der Waals surface area contributed by atoms with Crippen LogP contribution in [-0.4, -0.2) is 102 Å². The second-order valence-electron chi connectivity index (χ2n) is 17.8. The zero-order valence-corrected chi connectivity index (χ0v) is 32.9. The molecular weight excluding hydrogens is 707 g/mol. The van der Waals surface area contributed by atoms with Crippen LogP contribution in [0.1, 0.15) is 95.0 Å². The number of nitrogens with zero attached hydrogens (tertiary/aromatic N) is 3. The van der Waals surface area contributed by atoms with E-state index in [9.17, 15) is 29.4 Å². The van der Waals surface area contributed by atoms with Gasteiger partial charge >= 0.3 is 5.97 Å². The standard InChI is InChI=1S/C42H55FN4O8/c1-22-20-46(16-15-45(22)5)35-29(43)18-27-34(37(35)54-6)47(24-8-9-24)38(44-4)32(36(27)51)39(52)55-21-31(50)42(53)14-12-28-26-10-7-23-17-25(48)11-13-40(23,2)33(26)30(49)19-41(28,42)3/h17-18,22,24,26,28,30,33,44,49,53H,7-16,19-21H2,1-6H3. The lowest BCUT2D eigenvalue weighted by atomic mass is 9.45. The van der Waals surface area contributed by atoms with Gasteiger partial charge in [-0.2, -0.15) is 0 Å². The molecular formula is C42H55FN4O8. The molecule has 1 aromatic heterocycles. The number of ketones is 2. The van der Waals surface area contributed by atoms with Gasteiger partial charge in [-0.15, -0.1) is 0 Å². The average molecular weight is 763 g/mol. The molecule has 0 bridgehead atoms. The number of nitrogens with one attached hydrogen (secondary N) is 1. The van der Waals surface area contributed by atoms with E-state index in [0.717, 1.165) is 37.8 Å². The van der Waals surface area contributed by atoms with Crippen molar-refractivity contribution in [2.24, 2.45) is 28.6 Å². The third-order valence-electron chi connectivity index (χ3n) is 15.0. The van der Waals surface area contributed by atoms with Gasteiger partial charge in [-0.3, -0.25) is 14.4 Å². The van der Waals surface area contributed by atoms with Crippen molar-refractivity contribution in [1.29, 1.82) is 0 Å². The maximum Gasteiger partial charge on any atom is 0.346 e. The number of aromatic nitrogens is 1. The zero-order valence-electron chi connectivity index (χ0n) is 32.9. The van der Waals surface area contributed by atoms with E-state index in [1.54, 1.807) is 13.1 Å². The summed E-state index contributed by atoms with van der Waals surface area (Å²) in [6.45, 7) is 7.18. The molecule has 0 radical (unpaired) electrons. The maximum absolute atomic E-state index is 16.2. The fourth-order valence-corrected chi connectivity index (χ4v) is 11.8. The summed E-state index contributed by atoms with van der Waals surface area (Å²) in [7, 11) is 5.08. The topological polar surface area (TPSA) is 151 Å². The van der Waals surface area contributed by atoms with Crippen molar-refractivity contribution in [2.75, 3.05) is 57.7 Å². The zero-order chi connectivity index (χ0) is 39.4. The van der Waals surface area contributed by atoms with Gasteiger partial charge in [0.15, 0.2) is 24.0 Å². The lowest BCUT2D eigenvalue weighted by Crippen LogP contribution is -2.62. The van der Waals surface area contributed by atoms with E-state index >= 15 is 4.39 Å². The summed E-state index contributed by atoms with van der Waals surface area (Å²) in [6, 6.07) is 1.25. The molecule has 12 nitrogen and oxygen atoms in total. The number of piperazine rings is 1. The molecule has 8 unspecified atom stereocenters. The van der Waals surface area contributed by atoms with Gasteiger partial charge in [-0.05, 0) is 101 Å². The van der Waals surface area contributed by atoms with Gasteiger partial charge < -0.3 is 39.4 Å². The first-order valence-electron chi connectivity index (χ1n) is 20.1.